The van der Waals surface area contributed by atoms with Gasteiger partial charge >= 0.3 is 5.20 Å². The van der Waals surface area contributed by atoms with Crippen LogP contribution >= 0.6 is 85.6 Å². The lowest BCUT2D eigenvalue weighted by molar-refractivity contribution is 0.445. The average molecular weight is 799 g/mol. The van der Waals surface area contributed by atoms with Crippen molar-refractivity contribution in [2.75, 3.05) is 11.5 Å². The van der Waals surface area contributed by atoms with Gasteiger partial charge in [0.1, 0.15) is 0 Å². The van der Waals surface area contributed by atoms with E-state index in [-0.39, 0.29) is 16.0 Å². The molecule has 0 unspecified atom stereocenters. The van der Waals surface area contributed by atoms with Gasteiger partial charge in [0.15, 0.2) is 26.3 Å². The molecule has 2 aromatic carbocycles. The van der Waals surface area contributed by atoms with E-state index in [9.17, 15) is 14.5 Å². The summed E-state index contributed by atoms with van der Waals surface area (Å²) in [5, 5.41) is 23.8. The summed E-state index contributed by atoms with van der Waals surface area (Å²) in [4.78, 5) is 26.8. The summed E-state index contributed by atoms with van der Waals surface area (Å²) in [6, 6.07) is 18.3. The molecule has 0 aliphatic carbocycles. The molecular formula is C28H30Cl5N8O3PS2. The van der Waals surface area contributed by atoms with Crippen molar-refractivity contribution in [1.82, 2.24) is 19.9 Å². The van der Waals surface area contributed by atoms with Gasteiger partial charge in [0, 0.05) is 11.5 Å². The molecule has 0 radical (unpaired) electrons. The van der Waals surface area contributed by atoms with Gasteiger partial charge < -0.3 is 5.11 Å². The predicted molar refractivity (Wildman–Crippen MR) is 196 cm³/mol. The topological polar surface area (TPSA) is 158 Å². The molecule has 0 aliphatic heterocycles. The monoisotopic (exact) mass is 796 g/mol. The molecule has 252 valence electrons. The van der Waals surface area contributed by atoms with Crippen LogP contribution in [-0.2, 0) is 4.57 Å². The lowest BCUT2D eigenvalue weighted by Gasteiger charge is -2.03. The number of halogens is 5. The molecule has 0 spiro atoms. The van der Waals surface area contributed by atoms with Gasteiger partial charge in [-0.05, 0) is 70.8 Å². The third-order valence-corrected chi connectivity index (χ3v) is 7.56. The molecule has 47 heavy (non-hydrogen) atoms. The number of nitrogens with one attached hydrogen (secondary N) is 1. The molecule has 2 N–H and O–H groups in total. The first-order valence-electron chi connectivity index (χ1n) is 13.9. The van der Waals surface area contributed by atoms with Crippen LogP contribution in [0, 0.1) is 0 Å². The number of azo groups is 2. The Kier molecular flexibility index (Phi) is 19.5. The maximum atomic E-state index is 11.9. The molecule has 2 heterocycles. The Balaban J connectivity index is 0.000000286. The predicted octanol–water partition coefficient (Wildman–Crippen LogP) is 12.7. The van der Waals surface area contributed by atoms with E-state index in [1.807, 2.05) is 48.5 Å². The first-order chi connectivity index (χ1) is 22.4. The number of thioether (sulfide) groups is 2. The zero-order valence-corrected chi connectivity index (χ0v) is 31.4. The molecule has 2 aromatic heterocycles. The molecule has 0 atom stereocenters. The van der Waals surface area contributed by atoms with Crippen molar-refractivity contribution in [3.63, 3.8) is 0 Å². The second-order valence-electron chi connectivity index (χ2n) is 8.85. The summed E-state index contributed by atoms with van der Waals surface area (Å²) in [5.74, 6) is 1.37. The van der Waals surface area contributed by atoms with Gasteiger partial charge in [-0.2, -0.15) is 15.2 Å². The molecule has 0 saturated heterocycles. The fraction of sp³-hybridized carbons (Fsp3) is 0.286. The van der Waals surface area contributed by atoms with E-state index in [0.29, 0.717) is 27.4 Å². The maximum absolute atomic E-state index is 11.9. The minimum Gasteiger partial charge on any atom is -0.491 e. The molecule has 11 nitrogen and oxygen atoms in total. The van der Waals surface area contributed by atoms with Crippen LogP contribution in [0.3, 0.4) is 0 Å². The van der Waals surface area contributed by atoms with Crippen molar-refractivity contribution in [3.8, 4) is 5.88 Å². The van der Waals surface area contributed by atoms with Gasteiger partial charge in [-0.3, -0.25) is 14.3 Å². The minimum absolute atomic E-state index is 0.182. The van der Waals surface area contributed by atoms with Gasteiger partial charge in [0.05, 0.1) is 11.4 Å². The number of aromatic nitrogens is 4. The zero-order valence-electron chi connectivity index (χ0n) is 25.1. The van der Waals surface area contributed by atoms with Crippen LogP contribution in [-0.4, -0.2) is 36.5 Å². The largest absolute Gasteiger partial charge is 0.491 e. The fourth-order valence-corrected chi connectivity index (χ4v) is 5.38. The highest BCUT2D eigenvalue weighted by Gasteiger charge is 2.12. The highest BCUT2D eigenvalue weighted by molar-refractivity contribution is 8.24. The first kappa shape index (κ1) is 41.0. The standard InChI is InChI=1S/C14H14Cl2N4S.C14H16N4O2S.Cl3OP/c1-2-3-9-21-14-17-12(15)11(13(16)18-14)20-19-10-7-5-4-6-8-10;1-2-3-9-21-14-15-12(19)11(13(20)16-14)18-17-10-7-5-4-6-8-10;1-5(2,3)4/h4-8H,2-3,9H2,1H3;4-8H,2-3,9H2,1H3,(H2,15,16,19,20);. The number of aromatic amines is 1. The second kappa shape index (κ2) is 22.4. The van der Waals surface area contributed by atoms with Crippen molar-refractivity contribution in [2.24, 2.45) is 20.5 Å². The molecule has 0 bridgehead atoms. The van der Waals surface area contributed by atoms with Crippen molar-refractivity contribution in [2.45, 2.75) is 49.8 Å². The SMILES string of the molecule is CCCCSc1nc(Cl)c(N=Nc2ccccc2)c(Cl)n1.CCCCSc1nc(O)c(N=Nc2ccccc2)c(=O)[nH]1.O=P(Cl)(Cl)Cl. The fourth-order valence-electron chi connectivity index (χ4n) is 2.95. The summed E-state index contributed by atoms with van der Waals surface area (Å²) in [6.45, 7) is 4.22. The maximum Gasteiger partial charge on any atom is 0.339 e. The summed E-state index contributed by atoms with van der Waals surface area (Å²) < 4.78 is 9.51. The highest BCUT2D eigenvalue weighted by Crippen LogP contribution is 2.61. The van der Waals surface area contributed by atoms with Crippen LogP contribution in [0.2, 0.25) is 10.3 Å². The van der Waals surface area contributed by atoms with E-state index in [0.717, 1.165) is 37.2 Å². The minimum atomic E-state index is -3.22. The average Bonchev–Trinajstić information content (AvgIpc) is 3.01. The lowest BCUT2D eigenvalue weighted by Crippen LogP contribution is -2.08. The Morgan fingerprint density at radius 3 is 1.64 bits per heavy atom. The molecule has 4 rings (SSSR count). The number of hydrogen-bond donors (Lipinski definition) is 2. The molecule has 19 heteroatoms. The number of nitrogens with zero attached hydrogens (tertiary/aromatic N) is 7. The van der Waals surface area contributed by atoms with Crippen LogP contribution in [0.5, 0.6) is 5.88 Å². The molecular weight excluding hydrogens is 769 g/mol. The van der Waals surface area contributed by atoms with E-state index in [2.05, 4.69) is 88.0 Å². The van der Waals surface area contributed by atoms with Gasteiger partial charge in [-0.1, -0.05) is 110 Å². The number of rotatable bonds is 12. The number of unbranched alkanes of at least 4 members (excludes halogenated alkanes) is 2. The number of H-pyrrole nitrogens is 1. The molecule has 4 aromatic rings. The molecule has 0 amide bonds. The van der Waals surface area contributed by atoms with Crippen LogP contribution < -0.4 is 5.56 Å². The Hall–Kier alpha value is -2.22. The third kappa shape index (κ3) is 17.7. The van der Waals surface area contributed by atoms with Gasteiger partial charge in [0.2, 0.25) is 11.6 Å². The van der Waals surface area contributed by atoms with Crippen LogP contribution in [0.15, 0.2) is 96.2 Å². The van der Waals surface area contributed by atoms with Crippen LogP contribution in [0.4, 0.5) is 22.7 Å². The first-order valence-corrected chi connectivity index (χ1v) is 21.0. The van der Waals surface area contributed by atoms with Crippen LogP contribution in [0.25, 0.3) is 0 Å². The quantitative estimate of drug-likeness (QED) is 0.0358. The Morgan fingerprint density at radius 1 is 0.745 bits per heavy atom. The van der Waals surface area contributed by atoms with Crippen molar-refractivity contribution in [1.29, 1.82) is 0 Å². The lowest BCUT2D eigenvalue weighted by atomic mass is 10.3. The Morgan fingerprint density at radius 2 is 1.19 bits per heavy atom. The third-order valence-electron chi connectivity index (χ3n) is 5.14. The van der Waals surface area contributed by atoms with Gasteiger partial charge in [-0.15, -0.1) is 10.2 Å². The molecule has 0 saturated carbocycles. The zero-order chi connectivity index (χ0) is 34.7. The van der Waals surface area contributed by atoms with Crippen molar-refractivity contribution in [3.05, 3.63) is 81.3 Å². The highest BCUT2D eigenvalue weighted by atomic mass is 36.0. The normalized spacial score (nSPS) is 11.2. The molecule has 0 aliphatic rings. The summed E-state index contributed by atoms with van der Waals surface area (Å²) >= 11 is 29.0. The smallest absolute Gasteiger partial charge is 0.339 e. The summed E-state index contributed by atoms with van der Waals surface area (Å²) in [6.07, 6.45) is 4.30. The van der Waals surface area contributed by atoms with E-state index < -0.39 is 16.6 Å². The van der Waals surface area contributed by atoms with E-state index >= 15 is 0 Å². The van der Waals surface area contributed by atoms with E-state index in [4.69, 9.17) is 23.2 Å². The van der Waals surface area contributed by atoms with E-state index in [1.165, 1.54) is 23.5 Å². The van der Waals surface area contributed by atoms with E-state index in [1.54, 1.807) is 12.1 Å². The van der Waals surface area contributed by atoms with Crippen LogP contribution in [0.1, 0.15) is 39.5 Å². The Labute approximate surface area is 305 Å². The summed E-state index contributed by atoms with van der Waals surface area (Å²) in [7, 11) is 0. The number of aromatic hydroxyl groups is 1. The van der Waals surface area contributed by atoms with Gasteiger partial charge in [-0.25, -0.2) is 9.97 Å². The Bertz CT molecular complexity index is 1670. The second-order valence-corrected chi connectivity index (χ2v) is 18.4. The van der Waals surface area contributed by atoms with Crippen molar-refractivity contribution < 1.29 is 9.67 Å². The number of hydrogen-bond acceptors (Lipinski definition) is 12. The molecule has 0 fully saturated rings. The number of benzene rings is 2. The summed E-state index contributed by atoms with van der Waals surface area (Å²) in [5.41, 5.74) is 0.922. The van der Waals surface area contributed by atoms with Crippen molar-refractivity contribution >= 4 is 108 Å². The van der Waals surface area contributed by atoms with Gasteiger partial charge in [0.25, 0.3) is 5.56 Å².